The van der Waals surface area contributed by atoms with Gasteiger partial charge in [-0.15, -0.1) is 0 Å². The molecule has 0 fully saturated rings. The number of rotatable bonds is 11. The van der Waals surface area contributed by atoms with Gasteiger partial charge in [0.15, 0.2) is 0 Å². The summed E-state index contributed by atoms with van der Waals surface area (Å²) in [4.78, 5) is 50.4. The van der Waals surface area contributed by atoms with Crippen LogP contribution in [0.4, 0.5) is 0 Å². The first-order chi connectivity index (χ1) is 14.2. The molecule has 30 heavy (non-hydrogen) atoms. The van der Waals surface area contributed by atoms with Crippen LogP contribution in [0.3, 0.4) is 0 Å². The number of carbonyl (C=O) groups excluding carboxylic acids is 2. The van der Waals surface area contributed by atoms with Gasteiger partial charge in [-0.05, 0) is 18.1 Å². The molecule has 1 heterocycles. The number of amides is 2. The van der Waals surface area contributed by atoms with E-state index in [0.717, 1.165) is 16.5 Å². The molecule has 0 aliphatic rings. The Morgan fingerprint density at radius 1 is 1.10 bits per heavy atom. The number of nitrogens with two attached hydrogens (primary N) is 2. The number of aromatic nitrogens is 1. The molecule has 0 saturated heterocycles. The van der Waals surface area contributed by atoms with Gasteiger partial charge in [0, 0.05) is 35.0 Å². The molecule has 1 aromatic heterocycles. The Kier molecular flexibility index (Phi) is 8.39. The Hall–Kier alpha value is -2.89. The quantitative estimate of drug-likeness (QED) is 0.332. The Morgan fingerprint density at radius 2 is 1.80 bits per heavy atom. The molecule has 10 nitrogen and oxygen atoms in total. The van der Waals surface area contributed by atoms with E-state index in [1.165, 1.54) is 11.8 Å². The number of thioether (sulfide) groups is 1. The van der Waals surface area contributed by atoms with Crippen LogP contribution in [0.15, 0.2) is 30.5 Å². The van der Waals surface area contributed by atoms with E-state index in [2.05, 4.69) is 4.98 Å². The van der Waals surface area contributed by atoms with Gasteiger partial charge in [-0.1, -0.05) is 18.2 Å². The number of para-hydroxylation sites is 1. The molecule has 11 heteroatoms. The van der Waals surface area contributed by atoms with Crippen molar-refractivity contribution in [1.29, 1.82) is 0 Å². The van der Waals surface area contributed by atoms with Crippen LogP contribution < -0.4 is 11.5 Å². The van der Waals surface area contributed by atoms with Gasteiger partial charge in [0.1, 0.15) is 12.6 Å². The van der Waals surface area contributed by atoms with E-state index in [9.17, 15) is 19.2 Å². The molecule has 162 valence electrons. The monoisotopic (exact) mass is 436 g/mol. The van der Waals surface area contributed by atoms with E-state index < -0.39 is 42.4 Å². The largest absolute Gasteiger partial charge is 0.480 e. The Morgan fingerprint density at radius 3 is 2.47 bits per heavy atom. The van der Waals surface area contributed by atoms with E-state index in [0.29, 0.717) is 10.7 Å². The minimum atomic E-state index is -1.38. The summed E-state index contributed by atoms with van der Waals surface area (Å²) in [5.74, 6) is -3.56. The average Bonchev–Trinajstić information content (AvgIpc) is 3.12. The number of hydrogen-bond acceptors (Lipinski definition) is 7. The van der Waals surface area contributed by atoms with Crippen molar-refractivity contribution in [3.05, 3.63) is 36.0 Å². The first-order valence-corrected chi connectivity index (χ1v) is 10.3. The van der Waals surface area contributed by atoms with E-state index in [4.69, 9.17) is 21.7 Å². The molecule has 0 spiro atoms. The van der Waals surface area contributed by atoms with Gasteiger partial charge in [-0.2, -0.15) is 11.8 Å². The number of imide groups is 1. The molecule has 0 saturated carbocycles. The van der Waals surface area contributed by atoms with Crippen molar-refractivity contribution in [2.24, 2.45) is 11.5 Å². The zero-order valence-corrected chi connectivity index (χ0v) is 16.9. The Bertz CT molecular complexity index is 931. The highest BCUT2D eigenvalue weighted by molar-refractivity contribution is 7.98. The van der Waals surface area contributed by atoms with Crippen molar-refractivity contribution in [2.75, 3.05) is 12.3 Å². The van der Waals surface area contributed by atoms with Crippen molar-refractivity contribution in [1.82, 2.24) is 9.88 Å². The first-order valence-electron chi connectivity index (χ1n) is 9.13. The number of fused-ring (bicyclic) bond motifs is 1. The van der Waals surface area contributed by atoms with Crippen LogP contribution >= 0.6 is 11.8 Å². The van der Waals surface area contributed by atoms with Crippen molar-refractivity contribution in [3.63, 3.8) is 0 Å². The van der Waals surface area contributed by atoms with E-state index in [-0.39, 0.29) is 18.6 Å². The van der Waals surface area contributed by atoms with Gasteiger partial charge in [0.25, 0.3) is 0 Å². The van der Waals surface area contributed by atoms with Crippen LogP contribution in [0.5, 0.6) is 0 Å². The SMILES string of the molecule is NC(CCC(=O)N(CC(=O)O)C(=O)C(N)CSCc1c[nH]c2ccccc12)C(=O)O. The smallest absolute Gasteiger partial charge is 0.323 e. The predicted octanol–water partition coefficient (Wildman–Crippen LogP) is 0.360. The second-order valence-corrected chi connectivity index (χ2v) is 7.71. The number of H-pyrrole nitrogens is 1. The molecule has 0 radical (unpaired) electrons. The summed E-state index contributed by atoms with van der Waals surface area (Å²) in [6, 6.07) is 5.40. The first kappa shape index (κ1) is 23.4. The fourth-order valence-corrected chi connectivity index (χ4v) is 3.75. The number of benzene rings is 1. The normalized spacial score (nSPS) is 13.0. The number of nitrogens with zero attached hydrogens (tertiary/aromatic N) is 1. The van der Waals surface area contributed by atoms with Crippen molar-refractivity contribution in [3.8, 4) is 0 Å². The molecule has 7 N–H and O–H groups in total. The highest BCUT2D eigenvalue weighted by atomic mass is 32.2. The van der Waals surface area contributed by atoms with Crippen molar-refractivity contribution in [2.45, 2.75) is 30.7 Å². The minimum Gasteiger partial charge on any atom is -0.480 e. The lowest BCUT2D eigenvalue weighted by atomic mass is 10.1. The third kappa shape index (κ3) is 6.31. The second-order valence-electron chi connectivity index (χ2n) is 6.68. The lowest BCUT2D eigenvalue weighted by Crippen LogP contribution is -2.50. The highest BCUT2D eigenvalue weighted by Gasteiger charge is 2.29. The van der Waals surface area contributed by atoms with Crippen LogP contribution in [-0.4, -0.2) is 68.2 Å². The molecule has 1 aromatic carbocycles. The number of aromatic amines is 1. The molecular weight excluding hydrogens is 412 g/mol. The van der Waals surface area contributed by atoms with Gasteiger partial charge >= 0.3 is 11.9 Å². The van der Waals surface area contributed by atoms with Gasteiger partial charge in [0.05, 0.1) is 6.04 Å². The summed E-state index contributed by atoms with van der Waals surface area (Å²) >= 11 is 1.38. The summed E-state index contributed by atoms with van der Waals surface area (Å²) in [5, 5.41) is 18.9. The Labute approximate surface area is 176 Å². The lowest BCUT2D eigenvalue weighted by molar-refractivity contribution is -0.153. The fraction of sp³-hybridized carbons (Fsp3) is 0.368. The summed E-state index contributed by atoms with van der Waals surface area (Å²) in [6.07, 6.45) is 1.28. The standard InChI is InChI=1S/C19H24N4O6S/c20-13(19(28)29)5-6-16(24)23(8-17(25)26)18(27)14(21)10-30-9-11-7-22-15-4-2-1-3-12(11)15/h1-4,7,13-14,22H,5-6,8-10,20-21H2,(H,25,26)(H,28,29). The van der Waals surface area contributed by atoms with Crippen LogP contribution in [0, 0.1) is 0 Å². The number of carbonyl (C=O) groups is 4. The number of nitrogens with one attached hydrogen (secondary N) is 1. The van der Waals surface area contributed by atoms with Crippen molar-refractivity contribution >= 4 is 46.4 Å². The number of aliphatic carboxylic acids is 2. The van der Waals surface area contributed by atoms with Gasteiger partial charge in [-0.25, -0.2) is 0 Å². The van der Waals surface area contributed by atoms with Gasteiger partial charge < -0.3 is 26.7 Å². The molecule has 0 bridgehead atoms. The Balaban J connectivity index is 1.94. The van der Waals surface area contributed by atoms with E-state index in [1.807, 2.05) is 30.5 Å². The molecule has 2 atom stereocenters. The zero-order chi connectivity index (χ0) is 22.3. The molecule has 2 rings (SSSR count). The lowest BCUT2D eigenvalue weighted by Gasteiger charge is -2.22. The van der Waals surface area contributed by atoms with Gasteiger partial charge in [0.2, 0.25) is 11.8 Å². The summed E-state index contributed by atoms with van der Waals surface area (Å²) in [5.41, 5.74) is 13.3. The molecular formula is C19H24N4O6S. The average molecular weight is 436 g/mol. The number of carboxylic acids is 2. The van der Waals surface area contributed by atoms with Crippen molar-refractivity contribution < 1.29 is 29.4 Å². The molecule has 2 unspecified atom stereocenters. The van der Waals surface area contributed by atoms with E-state index in [1.54, 1.807) is 0 Å². The minimum absolute atomic E-state index is 0.177. The molecule has 2 aromatic rings. The fourth-order valence-electron chi connectivity index (χ4n) is 2.78. The van der Waals surface area contributed by atoms with Gasteiger partial charge in [-0.3, -0.25) is 24.1 Å². The third-order valence-corrected chi connectivity index (χ3v) is 5.50. The number of carboxylic acid groups (broad SMARTS) is 2. The van der Waals surface area contributed by atoms with Crippen LogP contribution in [0.1, 0.15) is 18.4 Å². The summed E-state index contributed by atoms with van der Waals surface area (Å²) in [6.45, 7) is -0.846. The highest BCUT2D eigenvalue weighted by Crippen LogP contribution is 2.22. The van der Waals surface area contributed by atoms with Crippen LogP contribution in [-0.2, 0) is 24.9 Å². The summed E-state index contributed by atoms with van der Waals surface area (Å²) in [7, 11) is 0. The van der Waals surface area contributed by atoms with Crippen LogP contribution in [0.25, 0.3) is 10.9 Å². The van der Waals surface area contributed by atoms with Crippen LogP contribution in [0.2, 0.25) is 0 Å². The molecule has 0 aliphatic carbocycles. The summed E-state index contributed by atoms with van der Waals surface area (Å²) < 4.78 is 0. The topological polar surface area (TPSA) is 180 Å². The second kappa shape index (κ2) is 10.8. The predicted molar refractivity (Wildman–Crippen MR) is 112 cm³/mol. The zero-order valence-electron chi connectivity index (χ0n) is 16.1. The maximum atomic E-state index is 12.6. The molecule has 0 aliphatic heterocycles. The maximum Gasteiger partial charge on any atom is 0.323 e. The third-order valence-electron chi connectivity index (χ3n) is 4.39. The number of hydrogen-bond donors (Lipinski definition) is 5. The molecule has 2 amide bonds. The van der Waals surface area contributed by atoms with E-state index >= 15 is 0 Å². The maximum absolute atomic E-state index is 12.6.